The van der Waals surface area contributed by atoms with E-state index in [4.69, 9.17) is 23.2 Å². The van der Waals surface area contributed by atoms with E-state index in [1.54, 1.807) is 18.2 Å². The maximum Gasteiger partial charge on any atom is 0.220 e. The zero-order valence-electron chi connectivity index (χ0n) is 15.3. The summed E-state index contributed by atoms with van der Waals surface area (Å²) in [6.45, 7) is 5.85. The topological polar surface area (TPSA) is 64.1 Å². The summed E-state index contributed by atoms with van der Waals surface area (Å²) in [5.41, 5.74) is 2.53. The monoisotopic (exact) mass is 398 g/mol. The quantitative estimate of drug-likeness (QED) is 0.674. The highest BCUT2D eigenvalue weighted by atomic mass is 35.5. The lowest BCUT2D eigenvalue weighted by molar-refractivity contribution is -0.122. The van der Waals surface area contributed by atoms with Crippen LogP contribution in [0.15, 0.2) is 36.4 Å². The zero-order chi connectivity index (χ0) is 18.6. The van der Waals surface area contributed by atoms with E-state index in [9.17, 15) is 9.18 Å². The van der Waals surface area contributed by atoms with E-state index in [2.05, 4.69) is 5.32 Å². The van der Waals surface area contributed by atoms with Gasteiger partial charge in [-0.3, -0.25) is 4.79 Å². The Morgan fingerprint density at radius 2 is 1.69 bits per heavy atom. The summed E-state index contributed by atoms with van der Waals surface area (Å²) in [6, 6.07) is 9.94. The van der Waals surface area contributed by atoms with Crippen LogP contribution in [0.5, 0.6) is 0 Å². The number of amides is 1. The van der Waals surface area contributed by atoms with E-state index in [1.807, 2.05) is 26.8 Å². The first-order valence-corrected chi connectivity index (χ1v) is 8.92. The van der Waals surface area contributed by atoms with Gasteiger partial charge in [0.15, 0.2) is 0 Å². The number of benzene rings is 2. The van der Waals surface area contributed by atoms with E-state index < -0.39 is 0 Å². The second kappa shape index (κ2) is 9.36. The minimum atomic E-state index is -0.278. The Hall–Kier alpha value is -1.62. The van der Waals surface area contributed by atoms with Crippen molar-refractivity contribution in [1.29, 1.82) is 0 Å². The third-order valence-corrected chi connectivity index (χ3v) is 4.57. The van der Waals surface area contributed by atoms with Crippen LogP contribution < -0.4 is 11.5 Å². The van der Waals surface area contributed by atoms with Gasteiger partial charge in [-0.05, 0) is 68.5 Å². The number of hydrogen-bond donors (Lipinski definition) is 2. The number of nitrogens with one attached hydrogen (secondary N) is 1. The Bertz CT molecular complexity index is 756. The lowest BCUT2D eigenvalue weighted by Crippen LogP contribution is -2.40. The van der Waals surface area contributed by atoms with Crippen LogP contribution in [0.25, 0.3) is 0 Å². The molecule has 0 unspecified atom stereocenters. The second-order valence-electron chi connectivity index (χ2n) is 7.10. The Kier molecular flexibility index (Phi) is 8.07. The molecule has 0 aliphatic rings. The molecule has 0 bridgehead atoms. The molecule has 0 aromatic heterocycles. The number of carbonyl (C=O) groups excluding carboxylic acids is 1. The van der Waals surface area contributed by atoms with Crippen LogP contribution in [-0.4, -0.2) is 11.4 Å². The zero-order valence-corrected chi connectivity index (χ0v) is 16.8. The molecule has 0 spiro atoms. The minimum Gasteiger partial charge on any atom is -0.351 e. The van der Waals surface area contributed by atoms with Crippen molar-refractivity contribution in [3.05, 3.63) is 69.0 Å². The Balaban J connectivity index is 0.00000338. The molecule has 142 valence electrons. The highest BCUT2D eigenvalue weighted by Gasteiger charge is 2.16. The smallest absolute Gasteiger partial charge is 0.220 e. The number of rotatable bonds is 5. The van der Waals surface area contributed by atoms with Gasteiger partial charge in [0.25, 0.3) is 0 Å². The summed E-state index contributed by atoms with van der Waals surface area (Å²) in [5.74, 6) is -0.286. The summed E-state index contributed by atoms with van der Waals surface area (Å²) < 4.78 is 13.1. The molecule has 0 aliphatic carbocycles. The lowest BCUT2D eigenvalue weighted by Gasteiger charge is -2.21. The third-order valence-electron chi connectivity index (χ3n) is 3.72. The van der Waals surface area contributed by atoms with Crippen LogP contribution in [0.1, 0.15) is 43.9 Å². The maximum absolute atomic E-state index is 13.1. The van der Waals surface area contributed by atoms with Gasteiger partial charge in [-0.1, -0.05) is 41.4 Å². The first-order chi connectivity index (χ1) is 11.7. The summed E-state index contributed by atoms with van der Waals surface area (Å²) in [5, 5.41) is 3.91. The van der Waals surface area contributed by atoms with Gasteiger partial charge in [0.05, 0.1) is 10.0 Å². The van der Waals surface area contributed by atoms with Gasteiger partial charge in [0, 0.05) is 12.0 Å². The van der Waals surface area contributed by atoms with Crippen LogP contribution in [0, 0.1) is 5.82 Å². The Labute approximate surface area is 164 Å². The predicted octanol–water partition coefficient (Wildman–Crippen LogP) is 5.73. The van der Waals surface area contributed by atoms with Crippen molar-refractivity contribution in [3.8, 4) is 0 Å². The normalized spacial score (nSPS) is 11.0. The molecule has 2 aromatic rings. The Morgan fingerprint density at radius 3 is 2.27 bits per heavy atom. The molecule has 26 heavy (non-hydrogen) atoms. The van der Waals surface area contributed by atoms with Crippen molar-refractivity contribution >= 4 is 29.1 Å². The largest absolute Gasteiger partial charge is 0.351 e. The summed E-state index contributed by atoms with van der Waals surface area (Å²) in [4.78, 5) is 12.1. The van der Waals surface area contributed by atoms with E-state index in [1.165, 1.54) is 12.1 Å². The van der Waals surface area contributed by atoms with Crippen molar-refractivity contribution in [2.75, 3.05) is 0 Å². The molecular weight excluding hydrogens is 374 g/mol. The fourth-order valence-electron chi connectivity index (χ4n) is 2.59. The van der Waals surface area contributed by atoms with Gasteiger partial charge < -0.3 is 11.5 Å². The fraction of sp³-hybridized carbons (Fsp3) is 0.350. The molecule has 0 radical (unpaired) electrons. The van der Waals surface area contributed by atoms with Crippen molar-refractivity contribution in [2.24, 2.45) is 0 Å². The van der Waals surface area contributed by atoms with Gasteiger partial charge in [0.1, 0.15) is 5.82 Å². The summed E-state index contributed by atoms with van der Waals surface area (Å²) in [6.07, 6.45) is 1.47. The number of carbonyl (C=O) groups is 1. The second-order valence-corrected chi connectivity index (χ2v) is 7.89. The van der Waals surface area contributed by atoms with Gasteiger partial charge in [0.2, 0.25) is 5.91 Å². The Morgan fingerprint density at radius 1 is 1.08 bits per heavy atom. The van der Waals surface area contributed by atoms with Gasteiger partial charge in [-0.2, -0.15) is 0 Å². The van der Waals surface area contributed by atoms with Gasteiger partial charge in [-0.25, -0.2) is 4.39 Å². The lowest BCUT2D eigenvalue weighted by atomic mass is 9.96. The molecule has 0 heterocycles. The highest BCUT2D eigenvalue weighted by Crippen LogP contribution is 2.31. The van der Waals surface area contributed by atoms with Crippen molar-refractivity contribution in [2.45, 2.75) is 45.6 Å². The number of aryl methyl sites for hydroxylation is 1. The molecule has 0 fully saturated rings. The molecule has 0 atom stereocenters. The van der Waals surface area contributed by atoms with Crippen molar-refractivity contribution < 1.29 is 9.18 Å². The standard InChI is InChI=1S/C20H22Cl2FNO.H3N/c1-20(2,3)24-18(25)11-7-14-6-10-17(21)19(22)16(14)12-13-4-8-15(23)9-5-13;/h4-6,8-10H,7,11-12H2,1-3H3,(H,24,25);1H3. The van der Waals surface area contributed by atoms with Crippen molar-refractivity contribution in [1.82, 2.24) is 11.5 Å². The van der Waals surface area contributed by atoms with Crippen LogP contribution in [0.2, 0.25) is 10.0 Å². The van der Waals surface area contributed by atoms with Gasteiger partial charge >= 0.3 is 0 Å². The van der Waals surface area contributed by atoms with Crippen molar-refractivity contribution in [3.63, 3.8) is 0 Å². The molecule has 4 N–H and O–H groups in total. The molecule has 1 amide bonds. The highest BCUT2D eigenvalue weighted by molar-refractivity contribution is 6.42. The van der Waals surface area contributed by atoms with E-state index in [-0.39, 0.29) is 23.4 Å². The van der Waals surface area contributed by atoms with Crippen LogP contribution in [0.3, 0.4) is 0 Å². The van der Waals surface area contributed by atoms with Crippen LogP contribution >= 0.6 is 23.2 Å². The molecule has 3 nitrogen and oxygen atoms in total. The third kappa shape index (κ3) is 6.60. The van der Waals surface area contributed by atoms with Gasteiger partial charge in [-0.15, -0.1) is 0 Å². The first-order valence-electron chi connectivity index (χ1n) is 8.17. The molecule has 6 heteroatoms. The fourth-order valence-corrected chi connectivity index (χ4v) is 3.02. The SMILES string of the molecule is CC(C)(C)NC(=O)CCc1ccc(Cl)c(Cl)c1Cc1ccc(F)cc1.N. The molecule has 2 rings (SSSR count). The van der Waals surface area contributed by atoms with E-state index >= 15 is 0 Å². The molecule has 2 aromatic carbocycles. The maximum atomic E-state index is 13.1. The molecule has 0 saturated carbocycles. The molecule has 0 saturated heterocycles. The minimum absolute atomic E-state index is 0. The average molecular weight is 399 g/mol. The van der Waals surface area contributed by atoms with E-state index in [0.717, 1.165) is 16.7 Å². The summed E-state index contributed by atoms with van der Waals surface area (Å²) >= 11 is 12.6. The van der Waals surface area contributed by atoms with Crippen LogP contribution in [0.4, 0.5) is 4.39 Å². The number of halogens is 3. The predicted molar refractivity (Wildman–Crippen MR) is 107 cm³/mol. The molecule has 0 aliphatic heterocycles. The first kappa shape index (κ1) is 22.4. The average Bonchev–Trinajstić information content (AvgIpc) is 2.51. The van der Waals surface area contributed by atoms with Crippen LogP contribution in [-0.2, 0) is 17.6 Å². The molecular formula is C20H25Cl2FN2O. The van der Waals surface area contributed by atoms with E-state index in [0.29, 0.717) is 29.3 Å². The number of hydrogen-bond acceptors (Lipinski definition) is 2. The summed E-state index contributed by atoms with van der Waals surface area (Å²) in [7, 11) is 0.